The van der Waals surface area contributed by atoms with Crippen molar-refractivity contribution in [2.75, 3.05) is 26.2 Å². The SMILES string of the molecule is N#CCN1CCC(CNC(=O)[C@H]2C[C@]23CCCc2ccccc23)CC1. The van der Waals surface area contributed by atoms with Crippen LogP contribution in [0.1, 0.15) is 43.2 Å². The molecule has 1 aliphatic heterocycles. The van der Waals surface area contributed by atoms with Gasteiger partial charge in [0.15, 0.2) is 0 Å². The van der Waals surface area contributed by atoms with E-state index in [4.69, 9.17) is 5.26 Å². The highest BCUT2D eigenvalue weighted by Gasteiger charge is 2.59. The highest BCUT2D eigenvalue weighted by Crippen LogP contribution is 2.60. The molecule has 2 aliphatic carbocycles. The van der Waals surface area contributed by atoms with E-state index < -0.39 is 0 Å². The van der Waals surface area contributed by atoms with E-state index in [-0.39, 0.29) is 17.2 Å². The number of carbonyl (C=O) groups is 1. The molecule has 0 radical (unpaired) electrons. The second-order valence-electron chi connectivity index (χ2n) is 8.05. The minimum Gasteiger partial charge on any atom is -0.356 e. The minimum absolute atomic E-state index is 0.134. The average molecular weight is 337 g/mol. The molecule has 4 heteroatoms. The van der Waals surface area contributed by atoms with Gasteiger partial charge < -0.3 is 5.32 Å². The zero-order valence-electron chi connectivity index (χ0n) is 14.8. The third-order valence-electron chi connectivity index (χ3n) is 6.58. The van der Waals surface area contributed by atoms with E-state index in [1.807, 2.05) is 0 Å². The Morgan fingerprint density at radius 2 is 2.12 bits per heavy atom. The Kier molecular flexibility index (Phi) is 4.52. The minimum atomic E-state index is 0.134. The summed E-state index contributed by atoms with van der Waals surface area (Å²) in [7, 11) is 0. The second kappa shape index (κ2) is 6.80. The fraction of sp³-hybridized carbons (Fsp3) is 0.619. The molecular weight excluding hydrogens is 310 g/mol. The Labute approximate surface area is 150 Å². The summed E-state index contributed by atoms with van der Waals surface area (Å²) in [4.78, 5) is 14.9. The number of amides is 1. The highest BCUT2D eigenvalue weighted by molar-refractivity contribution is 5.84. The van der Waals surface area contributed by atoms with Gasteiger partial charge in [0.05, 0.1) is 12.6 Å². The van der Waals surface area contributed by atoms with Crippen molar-refractivity contribution >= 4 is 5.91 Å². The van der Waals surface area contributed by atoms with E-state index >= 15 is 0 Å². The summed E-state index contributed by atoms with van der Waals surface area (Å²) >= 11 is 0. The van der Waals surface area contributed by atoms with Crippen molar-refractivity contribution in [1.29, 1.82) is 5.26 Å². The lowest BCUT2D eigenvalue weighted by Crippen LogP contribution is -2.39. The third kappa shape index (κ3) is 3.18. The lowest BCUT2D eigenvalue weighted by atomic mass is 9.78. The number of fused-ring (bicyclic) bond motifs is 2. The molecule has 1 heterocycles. The Bertz CT molecular complexity index is 687. The largest absolute Gasteiger partial charge is 0.356 e. The molecule has 1 saturated heterocycles. The summed E-state index contributed by atoms with van der Waals surface area (Å²) in [5.41, 5.74) is 3.02. The average Bonchev–Trinajstić information content (AvgIpc) is 3.36. The number of rotatable bonds is 4. The maximum absolute atomic E-state index is 12.7. The summed E-state index contributed by atoms with van der Waals surface area (Å²) < 4.78 is 0. The molecule has 0 aromatic heterocycles. The van der Waals surface area contributed by atoms with Gasteiger partial charge in [-0.1, -0.05) is 24.3 Å². The van der Waals surface area contributed by atoms with Gasteiger partial charge in [0.2, 0.25) is 5.91 Å². The first-order valence-corrected chi connectivity index (χ1v) is 9.68. The number of nitriles is 1. The van der Waals surface area contributed by atoms with Crippen molar-refractivity contribution in [2.24, 2.45) is 11.8 Å². The predicted octanol–water partition coefficient (Wildman–Crippen LogP) is 2.63. The van der Waals surface area contributed by atoms with Gasteiger partial charge in [-0.15, -0.1) is 0 Å². The number of nitrogens with one attached hydrogen (secondary N) is 1. The molecule has 1 N–H and O–H groups in total. The number of benzene rings is 1. The Balaban J connectivity index is 1.31. The van der Waals surface area contributed by atoms with Crippen LogP contribution in [0.5, 0.6) is 0 Å². The van der Waals surface area contributed by atoms with Crippen molar-refractivity contribution in [2.45, 2.75) is 43.9 Å². The van der Waals surface area contributed by atoms with Gasteiger partial charge in [-0.2, -0.15) is 5.26 Å². The molecule has 1 saturated carbocycles. The molecule has 1 aromatic rings. The van der Waals surface area contributed by atoms with Crippen LogP contribution in [0.3, 0.4) is 0 Å². The van der Waals surface area contributed by atoms with Crippen LogP contribution in [0.2, 0.25) is 0 Å². The Morgan fingerprint density at radius 1 is 1.32 bits per heavy atom. The number of nitrogens with zero attached hydrogens (tertiary/aromatic N) is 2. The van der Waals surface area contributed by atoms with E-state index in [1.54, 1.807) is 0 Å². The molecular formula is C21H27N3O. The topological polar surface area (TPSA) is 56.1 Å². The highest BCUT2D eigenvalue weighted by atomic mass is 16.2. The molecule has 0 unspecified atom stereocenters. The number of piperidine rings is 1. The van der Waals surface area contributed by atoms with Crippen molar-refractivity contribution in [1.82, 2.24) is 10.2 Å². The molecule has 4 nitrogen and oxygen atoms in total. The number of likely N-dealkylation sites (tertiary alicyclic amines) is 1. The monoisotopic (exact) mass is 337 g/mol. The van der Waals surface area contributed by atoms with Crippen molar-refractivity contribution in [3.8, 4) is 6.07 Å². The van der Waals surface area contributed by atoms with E-state index in [0.29, 0.717) is 12.5 Å². The van der Waals surface area contributed by atoms with Crippen LogP contribution < -0.4 is 5.32 Å². The van der Waals surface area contributed by atoms with E-state index in [9.17, 15) is 4.79 Å². The predicted molar refractivity (Wildman–Crippen MR) is 97.0 cm³/mol. The van der Waals surface area contributed by atoms with Gasteiger partial charge >= 0.3 is 0 Å². The molecule has 3 aliphatic rings. The normalized spacial score (nSPS) is 29.0. The maximum atomic E-state index is 12.7. The quantitative estimate of drug-likeness (QED) is 0.859. The number of carbonyl (C=O) groups excluding carboxylic acids is 1. The van der Waals surface area contributed by atoms with E-state index in [1.165, 1.54) is 17.5 Å². The smallest absolute Gasteiger partial charge is 0.224 e. The van der Waals surface area contributed by atoms with Gasteiger partial charge in [0.1, 0.15) is 0 Å². The molecule has 25 heavy (non-hydrogen) atoms. The lowest BCUT2D eigenvalue weighted by Gasteiger charge is -2.30. The molecule has 0 bridgehead atoms. The third-order valence-corrected chi connectivity index (χ3v) is 6.58. The van der Waals surface area contributed by atoms with Crippen LogP contribution in [-0.2, 0) is 16.6 Å². The first-order chi connectivity index (χ1) is 12.2. The van der Waals surface area contributed by atoms with Gasteiger partial charge in [0, 0.05) is 17.9 Å². The number of hydrogen-bond acceptors (Lipinski definition) is 3. The van der Waals surface area contributed by atoms with Crippen LogP contribution in [-0.4, -0.2) is 37.0 Å². The van der Waals surface area contributed by atoms with Crippen molar-refractivity contribution < 1.29 is 4.79 Å². The summed E-state index contributed by atoms with van der Waals surface area (Å²) in [6, 6.07) is 10.9. The number of hydrogen-bond donors (Lipinski definition) is 1. The van der Waals surface area contributed by atoms with Crippen LogP contribution in [0.4, 0.5) is 0 Å². The van der Waals surface area contributed by atoms with Gasteiger partial charge in [-0.3, -0.25) is 9.69 Å². The Morgan fingerprint density at radius 3 is 2.92 bits per heavy atom. The van der Waals surface area contributed by atoms with E-state index in [0.717, 1.165) is 51.7 Å². The van der Waals surface area contributed by atoms with Crippen LogP contribution in [0, 0.1) is 23.2 Å². The van der Waals surface area contributed by atoms with Crippen molar-refractivity contribution in [3.05, 3.63) is 35.4 Å². The molecule has 4 rings (SSSR count). The maximum Gasteiger partial charge on any atom is 0.224 e. The molecule has 2 fully saturated rings. The second-order valence-corrected chi connectivity index (χ2v) is 8.05. The summed E-state index contributed by atoms with van der Waals surface area (Å²) in [5, 5.41) is 12.0. The fourth-order valence-corrected chi connectivity index (χ4v) is 4.99. The molecule has 1 spiro atoms. The zero-order chi connectivity index (χ0) is 17.3. The van der Waals surface area contributed by atoms with Crippen LogP contribution in [0.25, 0.3) is 0 Å². The molecule has 1 amide bonds. The first kappa shape index (κ1) is 16.6. The number of aryl methyl sites for hydroxylation is 1. The van der Waals surface area contributed by atoms with Crippen LogP contribution in [0.15, 0.2) is 24.3 Å². The summed E-state index contributed by atoms with van der Waals surface area (Å²) in [6.45, 7) is 3.29. The zero-order valence-corrected chi connectivity index (χ0v) is 14.8. The fourth-order valence-electron chi connectivity index (χ4n) is 4.99. The standard InChI is InChI=1S/C21H27N3O/c22-10-13-24-11-7-16(8-12-24)15-23-20(25)19-14-21(19)9-3-5-17-4-1-2-6-18(17)21/h1-2,4,6,16,19H,3,5,7-9,11-15H2,(H,23,25)/t19-,21+/m1/s1. The summed E-state index contributed by atoms with van der Waals surface area (Å²) in [5.74, 6) is 0.996. The van der Waals surface area contributed by atoms with Gasteiger partial charge in [0.25, 0.3) is 0 Å². The van der Waals surface area contributed by atoms with Gasteiger partial charge in [-0.05, 0) is 68.7 Å². The van der Waals surface area contributed by atoms with Crippen LogP contribution >= 0.6 is 0 Å². The van der Waals surface area contributed by atoms with E-state index in [2.05, 4.69) is 40.6 Å². The Hall–Kier alpha value is -1.86. The van der Waals surface area contributed by atoms with Gasteiger partial charge in [-0.25, -0.2) is 0 Å². The lowest BCUT2D eigenvalue weighted by molar-refractivity contribution is -0.123. The molecule has 132 valence electrons. The molecule has 2 atom stereocenters. The molecule has 1 aromatic carbocycles. The summed E-state index contributed by atoms with van der Waals surface area (Å²) in [6.07, 6.45) is 6.72. The van der Waals surface area contributed by atoms with Crippen molar-refractivity contribution in [3.63, 3.8) is 0 Å². The first-order valence-electron chi connectivity index (χ1n) is 9.68.